The molecule has 3 rings (SSSR count). The fourth-order valence-electron chi connectivity index (χ4n) is 3.73. The molecule has 0 aliphatic carbocycles. The quantitative estimate of drug-likeness (QED) is 0.709. The first-order chi connectivity index (χ1) is 13.9. The number of morpholine rings is 1. The van der Waals surface area contributed by atoms with Crippen molar-refractivity contribution in [2.45, 2.75) is 39.9 Å². The molecule has 156 valence electrons. The van der Waals surface area contributed by atoms with Gasteiger partial charge in [-0.1, -0.05) is 29.8 Å². The second-order valence-electron chi connectivity index (χ2n) is 7.58. The van der Waals surface area contributed by atoms with E-state index in [4.69, 9.17) is 9.47 Å². The molecule has 0 saturated carbocycles. The molecule has 1 aromatic heterocycles. The van der Waals surface area contributed by atoms with Crippen LogP contribution in [0.5, 0.6) is 0 Å². The van der Waals surface area contributed by atoms with Gasteiger partial charge < -0.3 is 19.7 Å². The Balaban J connectivity index is 1.80. The SMILES string of the molecule is CCOC(=O)c1c(-c2ccc(C)cc2)csc1NC(=O)C[NH+]1C[C@@H](C)O[C@@H](C)C1. The maximum absolute atomic E-state index is 12.7. The fraction of sp³-hybridized carbons (Fsp3) is 0.455. The van der Waals surface area contributed by atoms with Gasteiger partial charge in [0.15, 0.2) is 6.54 Å². The van der Waals surface area contributed by atoms with E-state index < -0.39 is 5.97 Å². The van der Waals surface area contributed by atoms with Crippen LogP contribution in [0, 0.1) is 6.92 Å². The van der Waals surface area contributed by atoms with Crippen molar-refractivity contribution >= 4 is 28.2 Å². The third-order valence-electron chi connectivity index (χ3n) is 4.91. The Morgan fingerprint density at radius 1 is 1.21 bits per heavy atom. The lowest BCUT2D eigenvalue weighted by molar-refractivity contribution is -0.907. The van der Waals surface area contributed by atoms with Crippen LogP contribution < -0.4 is 10.2 Å². The van der Waals surface area contributed by atoms with E-state index in [1.807, 2.05) is 50.4 Å². The van der Waals surface area contributed by atoms with Crippen LogP contribution in [0.25, 0.3) is 11.1 Å². The van der Waals surface area contributed by atoms with Crippen molar-refractivity contribution in [3.63, 3.8) is 0 Å². The number of anilines is 1. The monoisotopic (exact) mass is 417 g/mol. The lowest BCUT2D eigenvalue weighted by Crippen LogP contribution is -3.16. The van der Waals surface area contributed by atoms with Crippen molar-refractivity contribution in [2.75, 3.05) is 31.6 Å². The molecule has 1 aromatic carbocycles. The van der Waals surface area contributed by atoms with Gasteiger partial charge in [0.1, 0.15) is 35.9 Å². The largest absolute Gasteiger partial charge is 0.462 e. The van der Waals surface area contributed by atoms with Crippen LogP contribution in [0.2, 0.25) is 0 Å². The third-order valence-corrected chi connectivity index (χ3v) is 5.81. The predicted molar refractivity (Wildman–Crippen MR) is 115 cm³/mol. The summed E-state index contributed by atoms with van der Waals surface area (Å²) in [5, 5.41) is 5.39. The van der Waals surface area contributed by atoms with Gasteiger partial charge in [-0.15, -0.1) is 11.3 Å². The number of carbonyl (C=O) groups is 2. The molecule has 29 heavy (non-hydrogen) atoms. The van der Waals surface area contributed by atoms with Gasteiger partial charge in [0.25, 0.3) is 5.91 Å². The first-order valence-corrected chi connectivity index (χ1v) is 10.9. The first-order valence-electron chi connectivity index (χ1n) is 10.0. The summed E-state index contributed by atoms with van der Waals surface area (Å²) in [7, 11) is 0. The molecule has 2 N–H and O–H groups in total. The lowest BCUT2D eigenvalue weighted by atomic mass is 10.0. The van der Waals surface area contributed by atoms with E-state index in [1.165, 1.54) is 16.2 Å². The van der Waals surface area contributed by atoms with Crippen LogP contribution in [0.3, 0.4) is 0 Å². The first kappa shape index (κ1) is 21.5. The molecule has 1 amide bonds. The predicted octanol–water partition coefficient (Wildman–Crippen LogP) is 2.53. The van der Waals surface area contributed by atoms with Crippen LogP contribution in [-0.4, -0.2) is 50.3 Å². The topological polar surface area (TPSA) is 69.1 Å². The molecule has 1 aliphatic heterocycles. The van der Waals surface area contributed by atoms with Gasteiger partial charge in [0.05, 0.1) is 6.61 Å². The minimum atomic E-state index is -0.416. The second kappa shape index (κ2) is 9.52. The summed E-state index contributed by atoms with van der Waals surface area (Å²) in [6.45, 7) is 10.1. The van der Waals surface area contributed by atoms with Crippen LogP contribution in [0.15, 0.2) is 29.6 Å². The molecule has 6 nitrogen and oxygen atoms in total. The van der Waals surface area contributed by atoms with E-state index >= 15 is 0 Å². The smallest absolute Gasteiger partial charge is 0.341 e. The zero-order valence-electron chi connectivity index (χ0n) is 17.4. The van der Waals surface area contributed by atoms with Crippen LogP contribution >= 0.6 is 11.3 Å². The summed E-state index contributed by atoms with van der Waals surface area (Å²) < 4.78 is 11.0. The Bertz CT molecular complexity index is 852. The molecular formula is C22H29N2O4S+. The van der Waals surface area contributed by atoms with Gasteiger partial charge in [0, 0.05) is 10.9 Å². The normalized spacial score (nSPS) is 21.6. The summed E-state index contributed by atoms with van der Waals surface area (Å²) in [5.74, 6) is -0.523. The molecule has 1 unspecified atom stereocenters. The Morgan fingerprint density at radius 3 is 2.48 bits per heavy atom. The number of benzene rings is 1. The standard InChI is InChI=1S/C22H28N2O4S/c1-5-27-22(26)20-18(17-8-6-14(2)7-9-17)13-29-21(20)23-19(25)12-24-10-15(3)28-16(4)11-24/h6-9,13,15-16H,5,10-12H2,1-4H3,(H,23,25)/p+1/t15-,16+. The molecule has 7 heteroatoms. The third kappa shape index (κ3) is 5.44. The van der Waals surface area contributed by atoms with Crippen LogP contribution in [-0.2, 0) is 14.3 Å². The summed E-state index contributed by atoms with van der Waals surface area (Å²) in [6.07, 6.45) is 0.262. The maximum Gasteiger partial charge on any atom is 0.341 e. The number of ether oxygens (including phenoxy) is 2. The van der Waals surface area contributed by atoms with Crippen molar-refractivity contribution in [3.05, 3.63) is 40.8 Å². The number of esters is 1. The second-order valence-corrected chi connectivity index (χ2v) is 8.46. The molecule has 1 saturated heterocycles. The van der Waals surface area contributed by atoms with Crippen molar-refractivity contribution < 1.29 is 24.0 Å². The van der Waals surface area contributed by atoms with Crippen molar-refractivity contribution in [1.82, 2.24) is 0 Å². The molecule has 2 heterocycles. The zero-order chi connectivity index (χ0) is 21.0. The number of hydrogen-bond acceptors (Lipinski definition) is 5. The van der Waals surface area contributed by atoms with E-state index in [9.17, 15) is 9.59 Å². The molecule has 1 aliphatic rings. The average molecular weight is 418 g/mol. The lowest BCUT2D eigenvalue weighted by Gasteiger charge is -2.31. The molecule has 3 atom stereocenters. The van der Waals surface area contributed by atoms with E-state index in [2.05, 4.69) is 5.32 Å². The number of thiophene rings is 1. The van der Waals surface area contributed by atoms with Gasteiger partial charge in [0.2, 0.25) is 0 Å². The molecule has 0 spiro atoms. The molecule has 2 aromatic rings. The average Bonchev–Trinajstić information content (AvgIpc) is 3.05. The number of hydrogen-bond donors (Lipinski definition) is 2. The Morgan fingerprint density at radius 2 is 1.86 bits per heavy atom. The zero-order valence-corrected chi connectivity index (χ0v) is 18.2. The molecule has 1 fully saturated rings. The Kier molecular flexibility index (Phi) is 7.05. The molecule has 0 bridgehead atoms. The van der Waals surface area contributed by atoms with Crippen molar-refractivity contribution in [2.24, 2.45) is 0 Å². The van der Waals surface area contributed by atoms with E-state index in [-0.39, 0.29) is 24.7 Å². The van der Waals surface area contributed by atoms with Crippen LogP contribution in [0.1, 0.15) is 36.7 Å². The number of carbonyl (C=O) groups excluding carboxylic acids is 2. The van der Waals surface area contributed by atoms with Gasteiger partial charge >= 0.3 is 5.97 Å². The number of quaternary nitrogens is 1. The van der Waals surface area contributed by atoms with Crippen molar-refractivity contribution in [3.8, 4) is 11.1 Å². The number of rotatable bonds is 6. The van der Waals surface area contributed by atoms with Gasteiger partial charge in [-0.25, -0.2) is 4.79 Å². The molecular weight excluding hydrogens is 388 g/mol. The summed E-state index contributed by atoms with van der Waals surface area (Å²) in [6, 6.07) is 7.97. The van der Waals surface area contributed by atoms with E-state index in [1.54, 1.807) is 6.92 Å². The van der Waals surface area contributed by atoms with Gasteiger partial charge in [-0.05, 0) is 33.3 Å². The summed E-state index contributed by atoms with van der Waals surface area (Å²) in [5.41, 5.74) is 3.28. The highest BCUT2D eigenvalue weighted by Gasteiger charge is 2.28. The van der Waals surface area contributed by atoms with Gasteiger partial charge in [-0.2, -0.15) is 0 Å². The Hall–Kier alpha value is -2.22. The summed E-state index contributed by atoms with van der Waals surface area (Å²) >= 11 is 1.35. The van der Waals surface area contributed by atoms with Gasteiger partial charge in [-0.3, -0.25) is 4.79 Å². The minimum absolute atomic E-state index is 0.107. The molecule has 0 radical (unpaired) electrons. The highest BCUT2D eigenvalue weighted by Crippen LogP contribution is 2.36. The Labute approximate surface area is 175 Å². The maximum atomic E-state index is 12.7. The highest BCUT2D eigenvalue weighted by atomic mass is 32.1. The van der Waals surface area contributed by atoms with Crippen LogP contribution in [0.4, 0.5) is 5.00 Å². The van der Waals surface area contributed by atoms with E-state index in [0.29, 0.717) is 17.1 Å². The highest BCUT2D eigenvalue weighted by molar-refractivity contribution is 7.15. The fourth-order valence-corrected chi connectivity index (χ4v) is 4.71. The number of amides is 1. The van der Waals surface area contributed by atoms with Crippen molar-refractivity contribution in [1.29, 1.82) is 0 Å². The summed E-state index contributed by atoms with van der Waals surface area (Å²) in [4.78, 5) is 26.5. The number of nitrogens with one attached hydrogen (secondary N) is 2. The van der Waals surface area contributed by atoms with E-state index in [0.717, 1.165) is 29.8 Å². The minimum Gasteiger partial charge on any atom is -0.462 e. The number of aryl methyl sites for hydroxylation is 1.